The van der Waals surface area contributed by atoms with Gasteiger partial charge in [0.25, 0.3) is 0 Å². The number of benzene rings is 2. The van der Waals surface area contributed by atoms with Crippen LogP contribution in [0.15, 0.2) is 42.5 Å². The van der Waals surface area contributed by atoms with Crippen LogP contribution in [0.4, 0.5) is 5.69 Å². The molecule has 0 bridgehead atoms. The number of amides is 2. The highest BCUT2D eigenvalue weighted by Gasteiger charge is 2.29. The summed E-state index contributed by atoms with van der Waals surface area (Å²) in [6, 6.07) is 11.3. The van der Waals surface area contributed by atoms with E-state index in [0.29, 0.717) is 33.7 Å². The van der Waals surface area contributed by atoms with Gasteiger partial charge in [0.15, 0.2) is 0 Å². The van der Waals surface area contributed by atoms with Crippen LogP contribution in [0.1, 0.15) is 64.4 Å². The third-order valence-electron chi connectivity index (χ3n) is 7.06. The first-order valence-corrected chi connectivity index (χ1v) is 16.3. The van der Waals surface area contributed by atoms with Crippen molar-refractivity contribution in [3.05, 3.63) is 58.1 Å². The van der Waals surface area contributed by atoms with Gasteiger partial charge in [0.2, 0.25) is 21.8 Å². The van der Waals surface area contributed by atoms with E-state index in [1.165, 1.54) is 15.6 Å². The van der Waals surface area contributed by atoms with Crippen LogP contribution < -0.4 is 14.4 Å². The Bertz CT molecular complexity index is 1270. The maximum absolute atomic E-state index is 13.6. The van der Waals surface area contributed by atoms with Gasteiger partial charge in [-0.3, -0.25) is 13.9 Å². The fraction of sp³-hybridized carbons (Fsp3) is 0.517. The number of sulfonamides is 1. The molecule has 1 fully saturated rings. The number of halogens is 2. The lowest BCUT2D eigenvalue weighted by atomic mass is 9.95. The van der Waals surface area contributed by atoms with Gasteiger partial charge in [0, 0.05) is 35.6 Å². The van der Waals surface area contributed by atoms with E-state index in [1.807, 2.05) is 6.92 Å². The summed E-state index contributed by atoms with van der Waals surface area (Å²) in [5, 5.41) is 3.99. The first-order valence-electron chi connectivity index (χ1n) is 13.7. The minimum absolute atomic E-state index is 0.0368. The van der Waals surface area contributed by atoms with E-state index in [2.05, 4.69) is 5.32 Å². The summed E-state index contributed by atoms with van der Waals surface area (Å²) in [5.41, 5.74) is 1.09. The topological polar surface area (TPSA) is 96.0 Å². The van der Waals surface area contributed by atoms with Crippen molar-refractivity contribution in [3.63, 3.8) is 0 Å². The van der Waals surface area contributed by atoms with Gasteiger partial charge in [-0.05, 0) is 62.9 Å². The molecule has 220 valence electrons. The molecule has 0 saturated heterocycles. The summed E-state index contributed by atoms with van der Waals surface area (Å²) in [6.45, 7) is 4.12. The van der Waals surface area contributed by atoms with E-state index in [1.54, 1.807) is 49.4 Å². The minimum atomic E-state index is -3.65. The molecule has 40 heavy (non-hydrogen) atoms. The predicted octanol–water partition coefficient (Wildman–Crippen LogP) is 5.80. The summed E-state index contributed by atoms with van der Waals surface area (Å²) in [4.78, 5) is 28.3. The molecule has 1 aliphatic rings. The molecule has 1 atom stereocenters. The molecule has 0 aromatic heterocycles. The van der Waals surface area contributed by atoms with Crippen LogP contribution >= 0.6 is 23.2 Å². The van der Waals surface area contributed by atoms with Crippen molar-refractivity contribution in [3.8, 4) is 5.75 Å². The molecule has 0 unspecified atom stereocenters. The number of rotatable bonds is 13. The van der Waals surface area contributed by atoms with E-state index >= 15 is 0 Å². The van der Waals surface area contributed by atoms with Crippen molar-refractivity contribution in [2.75, 3.05) is 23.7 Å². The number of hydrogen-bond donors (Lipinski definition) is 1. The Labute approximate surface area is 248 Å². The fourth-order valence-corrected chi connectivity index (χ4v) is 6.35. The zero-order valence-corrected chi connectivity index (χ0v) is 25.7. The van der Waals surface area contributed by atoms with Gasteiger partial charge < -0.3 is 15.0 Å². The lowest BCUT2D eigenvalue weighted by Gasteiger charge is -2.32. The zero-order chi connectivity index (χ0) is 29.3. The Hall–Kier alpha value is -2.49. The summed E-state index contributed by atoms with van der Waals surface area (Å²) in [5.74, 6) is -0.0358. The second-order valence-corrected chi connectivity index (χ2v) is 12.9. The molecular weight excluding hydrogens is 573 g/mol. The SMILES string of the molecule is CCOc1ccccc1N(CCCC(=O)N(Cc1ccc(Cl)cc1Cl)[C@H](C)C(=O)NC1CCCCC1)S(C)(=O)=O. The van der Waals surface area contributed by atoms with E-state index in [-0.39, 0.29) is 43.8 Å². The maximum Gasteiger partial charge on any atom is 0.242 e. The van der Waals surface area contributed by atoms with Crippen LogP contribution in [0.5, 0.6) is 5.75 Å². The number of anilines is 1. The van der Waals surface area contributed by atoms with Gasteiger partial charge in [0.05, 0.1) is 18.6 Å². The molecule has 11 heteroatoms. The Balaban J connectivity index is 1.77. The molecule has 1 aliphatic carbocycles. The van der Waals surface area contributed by atoms with Gasteiger partial charge in [-0.1, -0.05) is 60.7 Å². The van der Waals surface area contributed by atoms with Crippen LogP contribution in [0.2, 0.25) is 10.0 Å². The van der Waals surface area contributed by atoms with Crippen molar-refractivity contribution in [2.45, 2.75) is 77.4 Å². The molecule has 1 saturated carbocycles. The second-order valence-electron chi connectivity index (χ2n) is 10.1. The summed E-state index contributed by atoms with van der Waals surface area (Å²) < 4.78 is 32.3. The van der Waals surface area contributed by atoms with Crippen LogP contribution in [-0.4, -0.2) is 56.6 Å². The second kappa shape index (κ2) is 14.9. The van der Waals surface area contributed by atoms with Crippen molar-refractivity contribution in [1.29, 1.82) is 0 Å². The van der Waals surface area contributed by atoms with E-state index in [9.17, 15) is 18.0 Å². The van der Waals surface area contributed by atoms with Gasteiger partial charge in [-0.2, -0.15) is 0 Å². The largest absolute Gasteiger partial charge is 0.492 e. The third-order valence-corrected chi connectivity index (χ3v) is 8.83. The Morgan fingerprint density at radius 1 is 1.10 bits per heavy atom. The quantitative estimate of drug-likeness (QED) is 0.308. The molecule has 2 aromatic rings. The zero-order valence-electron chi connectivity index (χ0n) is 23.4. The molecule has 8 nitrogen and oxygen atoms in total. The number of carbonyl (C=O) groups excluding carboxylic acids is 2. The average molecular weight is 613 g/mol. The average Bonchev–Trinajstić information content (AvgIpc) is 2.91. The summed E-state index contributed by atoms with van der Waals surface area (Å²) in [6.07, 6.45) is 6.59. The fourth-order valence-electron chi connectivity index (χ4n) is 4.91. The van der Waals surface area contributed by atoms with Crippen molar-refractivity contribution < 1.29 is 22.7 Å². The highest BCUT2D eigenvalue weighted by Crippen LogP contribution is 2.30. The predicted molar refractivity (Wildman–Crippen MR) is 161 cm³/mol. The minimum Gasteiger partial charge on any atom is -0.492 e. The highest BCUT2D eigenvalue weighted by atomic mass is 35.5. The number of carbonyl (C=O) groups is 2. The van der Waals surface area contributed by atoms with Crippen molar-refractivity contribution in [2.24, 2.45) is 0 Å². The highest BCUT2D eigenvalue weighted by molar-refractivity contribution is 7.92. The van der Waals surface area contributed by atoms with E-state index < -0.39 is 16.1 Å². The number of nitrogens with one attached hydrogen (secondary N) is 1. The standard InChI is InChI=1S/C29H39Cl2N3O5S/c1-4-39-27-14-9-8-13-26(27)34(40(3,37)38)18-10-15-28(35)33(20-22-16-17-23(30)19-25(22)31)21(2)29(36)32-24-11-6-5-7-12-24/h8-9,13-14,16-17,19,21,24H,4-7,10-12,15,18,20H2,1-3H3,(H,32,36)/t21-/m1/s1. The number of para-hydroxylation sites is 2. The smallest absolute Gasteiger partial charge is 0.242 e. The number of ether oxygens (including phenoxy) is 1. The number of nitrogens with zero attached hydrogens (tertiary/aromatic N) is 2. The van der Waals surface area contributed by atoms with Crippen LogP contribution in [0.25, 0.3) is 0 Å². The van der Waals surface area contributed by atoms with Gasteiger partial charge in [-0.15, -0.1) is 0 Å². The molecule has 0 spiro atoms. The molecule has 1 N–H and O–H groups in total. The normalized spacial score (nSPS) is 14.8. The third kappa shape index (κ3) is 9.01. The first-order chi connectivity index (χ1) is 19.0. The van der Waals surface area contributed by atoms with Gasteiger partial charge >= 0.3 is 0 Å². The molecule has 0 aliphatic heterocycles. The van der Waals surface area contributed by atoms with Crippen LogP contribution in [0, 0.1) is 0 Å². The van der Waals surface area contributed by atoms with Crippen molar-refractivity contribution in [1.82, 2.24) is 10.2 Å². The van der Waals surface area contributed by atoms with Gasteiger partial charge in [-0.25, -0.2) is 8.42 Å². The van der Waals surface area contributed by atoms with E-state index in [0.717, 1.165) is 31.9 Å². The first kappa shape index (κ1) is 32.0. The lowest BCUT2D eigenvalue weighted by Crippen LogP contribution is -2.50. The maximum atomic E-state index is 13.6. The Kier molecular flexibility index (Phi) is 12.0. The molecule has 2 amide bonds. The van der Waals surface area contributed by atoms with Crippen LogP contribution in [0.3, 0.4) is 0 Å². The molecule has 3 rings (SSSR count). The van der Waals surface area contributed by atoms with Crippen molar-refractivity contribution >= 4 is 50.7 Å². The van der Waals surface area contributed by atoms with E-state index in [4.69, 9.17) is 27.9 Å². The summed E-state index contributed by atoms with van der Waals surface area (Å²) >= 11 is 12.5. The Morgan fingerprint density at radius 2 is 1.80 bits per heavy atom. The molecular formula is C29H39Cl2N3O5S. The summed E-state index contributed by atoms with van der Waals surface area (Å²) in [7, 11) is -3.65. The van der Waals surface area contributed by atoms with Gasteiger partial charge in [0.1, 0.15) is 11.8 Å². The number of hydrogen-bond acceptors (Lipinski definition) is 5. The monoisotopic (exact) mass is 611 g/mol. The lowest BCUT2D eigenvalue weighted by molar-refractivity contribution is -0.141. The Morgan fingerprint density at radius 3 is 2.45 bits per heavy atom. The molecule has 2 aromatic carbocycles. The molecule has 0 heterocycles. The van der Waals surface area contributed by atoms with Crippen LogP contribution in [-0.2, 0) is 26.2 Å². The molecule has 0 radical (unpaired) electrons.